The first kappa shape index (κ1) is 13.5. The molecule has 1 aliphatic heterocycles. The Bertz CT molecular complexity index is 758. The SMILES string of the molecule is ON1C(c2ccccc2)Oc2ccccc2C1c1ccsc1. The molecule has 0 bridgehead atoms. The van der Waals surface area contributed by atoms with Gasteiger partial charge in [-0.05, 0) is 28.5 Å². The number of ether oxygens (including phenoxy) is 1. The summed E-state index contributed by atoms with van der Waals surface area (Å²) in [5, 5.41) is 16.2. The second kappa shape index (κ2) is 5.57. The molecule has 1 aromatic heterocycles. The van der Waals surface area contributed by atoms with Crippen molar-refractivity contribution in [1.82, 2.24) is 5.06 Å². The molecular formula is C18H15NO2S. The largest absolute Gasteiger partial charge is 0.468 e. The van der Waals surface area contributed by atoms with E-state index in [-0.39, 0.29) is 6.04 Å². The first-order valence-corrected chi connectivity index (χ1v) is 8.09. The van der Waals surface area contributed by atoms with Crippen LogP contribution in [-0.4, -0.2) is 10.3 Å². The minimum atomic E-state index is -0.513. The van der Waals surface area contributed by atoms with Gasteiger partial charge in [-0.25, -0.2) is 0 Å². The number of benzene rings is 2. The van der Waals surface area contributed by atoms with Crippen molar-refractivity contribution in [3.63, 3.8) is 0 Å². The van der Waals surface area contributed by atoms with Crippen LogP contribution in [0.5, 0.6) is 5.75 Å². The summed E-state index contributed by atoms with van der Waals surface area (Å²) in [4.78, 5) is 0. The van der Waals surface area contributed by atoms with Gasteiger partial charge >= 0.3 is 0 Å². The number of para-hydroxylation sites is 1. The van der Waals surface area contributed by atoms with Crippen LogP contribution >= 0.6 is 11.3 Å². The summed E-state index contributed by atoms with van der Waals surface area (Å²) in [6.45, 7) is 0. The van der Waals surface area contributed by atoms with Crippen LogP contribution in [0.25, 0.3) is 0 Å². The highest BCUT2D eigenvalue weighted by atomic mass is 32.1. The summed E-state index contributed by atoms with van der Waals surface area (Å²) in [6, 6.07) is 19.5. The Morgan fingerprint density at radius 3 is 2.45 bits per heavy atom. The van der Waals surface area contributed by atoms with Crippen LogP contribution in [0.3, 0.4) is 0 Å². The van der Waals surface area contributed by atoms with Gasteiger partial charge in [-0.3, -0.25) is 0 Å². The van der Waals surface area contributed by atoms with Gasteiger partial charge in [0.05, 0.1) is 6.04 Å². The van der Waals surface area contributed by atoms with Gasteiger partial charge in [-0.15, -0.1) is 5.06 Å². The van der Waals surface area contributed by atoms with E-state index < -0.39 is 6.23 Å². The van der Waals surface area contributed by atoms with Gasteiger partial charge in [0.15, 0.2) is 0 Å². The van der Waals surface area contributed by atoms with Gasteiger partial charge in [0, 0.05) is 11.1 Å². The highest BCUT2D eigenvalue weighted by Crippen LogP contribution is 2.44. The number of hydroxylamine groups is 2. The Morgan fingerprint density at radius 2 is 1.68 bits per heavy atom. The van der Waals surface area contributed by atoms with Crippen LogP contribution in [-0.2, 0) is 0 Å². The van der Waals surface area contributed by atoms with Crippen LogP contribution in [0.2, 0.25) is 0 Å². The van der Waals surface area contributed by atoms with Crippen molar-refractivity contribution in [2.75, 3.05) is 0 Å². The Morgan fingerprint density at radius 1 is 0.909 bits per heavy atom. The summed E-state index contributed by atoms with van der Waals surface area (Å²) >= 11 is 1.63. The Hall–Kier alpha value is -2.14. The lowest BCUT2D eigenvalue weighted by Crippen LogP contribution is -2.37. The Balaban J connectivity index is 1.83. The van der Waals surface area contributed by atoms with E-state index in [1.807, 2.05) is 66.0 Å². The van der Waals surface area contributed by atoms with E-state index in [1.54, 1.807) is 11.3 Å². The standard InChI is InChI=1S/C18H15NO2S/c20-19-17(14-10-11-22-12-14)15-8-4-5-9-16(15)21-18(19)13-6-2-1-3-7-13/h1-12,17-18,20H. The summed E-state index contributed by atoms with van der Waals surface area (Å²) in [7, 11) is 0. The smallest absolute Gasteiger partial charge is 0.201 e. The zero-order chi connectivity index (χ0) is 14.9. The number of nitrogens with zero attached hydrogens (tertiary/aromatic N) is 1. The highest BCUT2D eigenvalue weighted by Gasteiger charge is 2.36. The van der Waals surface area contributed by atoms with Crippen molar-refractivity contribution in [1.29, 1.82) is 0 Å². The highest BCUT2D eigenvalue weighted by molar-refractivity contribution is 7.08. The van der Waals surface area contributed by atoms with Crippen LogP contribution in [0.4, 0.5) is 0 Å². The van der Waals surface area contributed by atoms with Crippen molar-refractivity contribution in [3.8, 4) is 5.75 Å². The lowest BCUT2D eigenvalue weighted by Gasteiger charge is -2.38. The van der Waals surface area contributed by atoms with Crippen molar-refractivity contribution < 1.29 is 9.94 Å². The number of thiophene rings is 1. The van der Waals surface area contributed by atoms with Crippen LogP contribution in [0.1, 0.15) is 29.0 Å². The van der Waals surface area contributed by atoms with E-state index >= 15 is 0 Å². The monoisotopic (exact) mass is 309 g/mol. The quantitative estimate of drug-likeness (QED) is 0.749. The molecule has 22 heavy (non-hydrogen) atoms. The number of hydrogen-bond donors (Lipinski definition) is 1. The molecule has 2 unspecified atom stereocenters. The Kier molecular flexibility index (Phi) is 3.42. The van der Waals surface area contributed by atoms with E-state index in [2.05, 4.69) is 5.38 Å². The van der Waals surface area contributed by atoms with Gasteiger partial charge in [-0.2, -0.15) is 11.3 Å². The molecule has 0 aliphatic carbocycles. The van der Waals surface area contributed by atoms with Crippen molar-refractivity contribution in [2.24, 2.45) is 0 Å². The molecule has 2 heterocycles. The average molecular weight is 309 g/mol. The molecule has 1 N–H and O–H groups in total. The molecule has 2 aromatic carbocycles. The van der Waals surface area contributed by atoms with Crippen molar-refractivity contribution in [2.45, 2.75) is 12.3 Å². The molecule has 4 rings (SSSR count). The molecule has 2 atom stereocenters. The first-order chi connectivity index (χ1) is 10.8. The van der Waals surface area contributed by atoms with E-state index in [4.69, 9.17) is 4.74 Å². The minimum absolute atomic E-state index is 0.221. The second-order valence-corrected chi connectivity index (χ2v) is 6.04. The third kappa shape index (κ3) is 2.22. The lowest BCUT2D eigenvalue weighted by atomic mass is 9.97. The van der Waals surface area contributed by atoms with E-state index in [1.165, 1.54) is 5.06 Å². The molecule has 110 valence electrons. The normalized spacial score (nSPS) is 21.1. The topological polar surface area (TPSA) is 32.7 Å². The van der Waals surface area contributed by atoms with Gasteiger partial charge in [0.1, 0.15) is 5.75 Å². The summed E-state index contributed by atoms with van der Waals surface area (Å²) < 4.78 is 6.04. The van der Waals surface area contributed by atoms with Crippen LogP contribution in [0, 0.1) is 0 Å². The molecule has 0 spiro atoms. The predicted octanol–water partition coefficient (Wildman–Crippen LogP) is 4.62. The van der Waals surface area contributed by atoms with Gasteiger partial charge in [0.25, 0.3) is 0 Å². The number of hydrogen-bond acceptors (Lipinski definition) is 4. The molecule has 4 heteroatoms. The van der Waals surface area contributed by atoms with Crippen LogP contribution in [0.15, 0.2) is 71.4 Å². The van der Waals surface area contributed by atoms with Gasteiger partial charge in [-0.1, -0.05) is 48.5 Å². The second-order valence-electron chi connectivity index (χ2n) is 5.26. The fourth-order valence-electron chi connectivity index (χ4n) is 2.87. The molecule has 3 nitrogen and oxygen atoms in total. The lowest BCUT2D eigenvalue weighted by molar-refractivity contribution is -0.220. The first-order valence-electron chi connectivity index (χ1n) is 7.14. The molecule has 1 aliphatic rings. The van der Waals surface area contributed by atoms with Crippen molar-refractivity contribution in [3.05, 3.63) is 88.1 Å². The maximum absolute atomic E-state index is 10.8. The number of fused-ring (bicyclic) bond motifs is 1. The molecule has 0 amide bonds. The van der Waals surface area contributed by atoms with E-state index in [0.717, 1.165) is 22.4 Å². The summed E-state index contributed by atoms with van der Waals surface area (Å²) in [5.41, 5.74) is 2.99. The molecule has 0 saturated heterocycles. The zero-order valence-corrected chi connectivity index (χ0v) is 12.6. The molecule has 3 aromatic rings. The predicted molar refractivity (Wildman–Crippen MR) is 86.0 cm³/mol. The average Bonchev–Trinajstić information content (AvgIpc) is 3.09. The molecule has 0 fully saturated rings. The fraction of sp³-hybridized carbons (Fsp3) is 0.111. The third-order valence-electron chi connectivity index (χ3n) is 3.90. The maximum atomic E-state index is 10.8. The molecular weight excluding hydrogens is 294 g/mol. The fourth-order valence-corrected chi connectivity index (χ4v) is 3.55. The minimum Gasteiger partial charge on any atom is -0.468 e. The van der Waals surface area contributed by atoms with Gasteiger partial charge in [0.2, 0.25) is 6.23 Å². The van der Waals surface area contributed by atoms with E-state index in [0.29, 0.717) is 0 Å². The number of rotatable bonds is 2. The Labute approximate surface area is 133 Å². The third-order valence-corrected chi connectivity index (χ3v) is 4.60. The molecule has 0 saturated carbocycles. The van der Waals surface area contributed by atoms with Gasteiger partial charge < -0.3 is 9.94 Å². The van der Waals surface area contributed by atoms with E-state index in [9.17, 15) is 5.21 Å². The zero-order valence-electron chi connectivity index (χ0n) is 11.8. The summed E-state index contributed by atoms with van der Waals surface area (Å²) in [6.07, 6.45) is -0.513. The maximum Gasteiger partial charge on any atom is 0.201 e. The van der Waals surface area contributed by atoms with Crippen LogP contribution < -0.4 is 4.74 Å². The van der Waals surface area contributed by atoms with Crippen molar-refractivity contribution >= 4 is 11.3 Å². The summed E-state index contributed by atoms with van der Waals surface area (Å²) in [5.74, 6) is 0.817. The molecule has 0 radical (unpaired) electrons.